The Morgan fingerprint density at radius 3 is 1.69 bits per heavy atom. The van der Waals surface area contributed by atoms with E-state index in [2.05, 4.69) is 209 Å². The Labute approximate surface area is 324 Å². The SMILES string of the molecule is C=CCCCC.Cc1ccc(-c2ccc(N(c3cccc4ccccc34)C3C=CC=CC3)cc2)cc1.Cc1cccc2ccccc12.Cc1ccccc1. The molecule has 0 N–H and O–H groups in total. The highest BCUT2D eigenvalue weighted by molar-refractivity contribution is 5.96. The van der Waals surface area contributed by atoms with Gasteiger partial charge in [-0.25, -0.2) is 0 Å². The molecule has 0 amide bonds. The van der Waals surface area contributed by atoms with Crippen molar-refractivity contribution in [3.05, 3.63) is 217 Å². The summed E-state index contributed by atoms with van der Waals surface area (Å²) in [6.45, 7) is 12.1. The number of hydrogen-bond donors (Lipinski definition) is 0. The van der Waals surface area contributed by atoms with Crippen LogP contribution in [0.2, 0.25) is 0 Å². The second kappa shape index (κ2) is 20.9. The van der Waals surface area contributed by atoms with E-state index in [-0.39, 0.29) is 0 Å². The van der Waals surface area contributed by atoms with Gasteiger partial charge in [0.15, 0.2) is 0 Å². The second-order valence-corrected chi connectivity index (χ2v) is 13.8. The molecule has 1 aliphatic carbocycles. The molecule has 1 atom stereocenters. The molecule has 8 rings (SSSR count). The number of anilines is 2. The maximum atomic E-state index is 3.60. The molecule has 0 saturated carbocycles. The van der Waals surface area contributed by atoms with Gasteiger partial charge in [0.1, 0.15) is 0 Å². The van der Waals surface area contributed by atoms with E-state index in [4.69, 9.17) is 0 Å². The van der Waals surface area contributed by atoms with Gasteiger partial charge in [0.25, 0.3) is 0 Å². The molecule has 0 aromatic heterocycles. The monoisotopic (exact) mass is 705 g/mol. The molecule has 1 nitrogen and oxygen atoms in total. The first-order valence-corrected chi connectivity index (χ1v) is 19.3. The van der Waals surface area contributed by atoms with Crippen molar-refractivity contribution in [2.75, 3.05) is 4.90 Å². The largest absolute Gasteiger partial charge is 0.334 e. The van der Waals surface area contributed by atoms with Crippen molar-refractivity contribution >= 4 is 32.9 Å². The standard InChI is InChI=1S/C29H25N.C11H10.C7H8.C6H12/c1-22-14-16-23(17-15-22)24-18-20-27(21-19-24)30(26-10-3-2-4-11-26)29-13-7-9-25-8-5-6-12-28(25)29;1-9-5-4-7-10-6-2-3-8-11(9)10;1-7-5-3-2-4-6-7;1-3-5-6-4-2/h2-10,12-21,26H,11H2,1H3;2-8H,1H3;2-6H,1H3;3H,1,4-6H2,2H3. The van der Waals surface area contributed by atoms with Gasteiger partial charge in [0, 0.05) is 16.8 Å². The lowest BCUT2D eigenvalue weighted by Crippen LogP contribution is -2.29. The van der Waals surface area contributed by atoms with E-state index >= 15 is 0 Å². The Balaban J connectivity index is 0.000000188. The van der Waals surface area contributed by atoms with Crippen LogP contribution in [0.1, 0.15) is 49.3 Å². The number of benzene rings is 7. The van der Waals surface area contributed by atoms with Crippen molar-refractivity contribution in [3.63, 3.8) is 0 Å². The number of aryl methyl sites for hydroxylation is 3. The smallest absolute Gasteiger partial charge is 0.0560 e. The normalized spacial score (nSPS) is 12.7. The molecule has 1 unspecified atom stereocenters. The van der Waals surface area contributed by atoms with Gasteiger partial charge >= 0.3 is 0 Å². The topological polar surface area (TPSA) is 3.24 Å². The van der Waals surface area contributed by atoms with Crippen LogP contribution in [-0.4, -0.2) is 6.04 Å². The summed E-state index contributed by atoms with van der Waals surface area (Å²) in [7, 11) is 0. The lowest BCUT2D eigenvalue weighted by atomic mass is 10.00. The fourth-order valence-corrected chi connectivity index (χ4v) is 6.52. The first-order valence-electron chi connectivity index (χ1n) is 19.3. The van der Waals surface area contributed by atoms with Crippen molar-refractivity contribution in [2.24, 2.45) is 0 Å². The molecule has 7 aromatic rings. The Morgan fingerprint density at radius 2 is 1.13 bits per heavy atom. The molecular formula is C53H55N. The molecule has 0 spiro atoms. The predicted octanol–water partition coefficient (Wildman–Crippen LogP) is 15.3. The fraction of sp³-hybridized carbons (Fsp3) is 0.170. The highest BCUT2D eigenvalue weighted by Gasteiger charge is 2.20. The highest BCUT2D eigenvalue weighted by atomic mass is 15.2. The van der Waals surface area contributed by atoms with E-state index in [0.717, 1.165) is 6.42 Å². The quantitative estimate of drug-likeness (QED) is 0.118. The van der Waals surface area contributed by atoms with Crippen LogP contribution in [-0.2, 0) is 0 Å². The third-order valence-corrected chi connectivity index (χ3v) is 9.56. The van der Waals surface area contributed by atoms with Crippen molar-refractivity contribution in [2.45, 2.75) is 59.4 Å². The molecule has 1 heteroatoms. The Bertz CT molecular complexity index is 2210. The molecular weight excluding hydrogens is 651 g/mol. The van der Waals surface area contributed by atoms with Crippen LogP contribution in [0, 0.1) is 20.8 Å². The summed E-state index contributed by atoms with van der Waals surface area (Å²) < 4.78 is 0. The van der Waals surface area contributed by atoms with Gasteiger partial charge in [-0.1, -0.05) is 207 Å². The van der Waals surface area contributed by atoms with Gasteiger partial charge in [0.2, 0.25) is 0 Å². The number of nitrogens with zero attached hydrogens (tertiary/aromatic N) is 1. The van der Waals surface area contributed by atoms with Crippen molar-refractivity contribution in [3.8, 4) is 11.1 Å². The van der Waals surface area contributed by atoms with Crippen LogP contribution in [0.25, 0.3) is 32.7 Å². The van der Waals surface area contributed by atoms with Crippen molar-refractivity contribution in [1.82, 2.24) is 0 Å². The number of allylic oxidation sites excluding steroid dienone is 3. The van der Waals surface area contributed by atoms with Gasteiger partial charge in [-0.05, 0) is 84.7 Å². The van der Waals surface area contributed by atoms with Crippen LogP contribution in [0.15, 0.2) is 201 Å². The molecule has 54 heavy (non-hydrogen) atoms. The zero-order valence-electron chi connectivity index (χ0n) is 32.5. The first kappa shape index (κ1) is 39.3. The van der Waals surface area contributed by atoms with E-state index in [9.17, 15) is 0 Å². The summed E-state index contributed by atoms with van der Waals surface area (Å²) in [5.74, 6) is 0. The summed E-state index contributed by atoms with van der Waals surface area (Å²) in [4.78, 5) is 2.47. The van der Waals surface area contributed by atoms with Gasteiger partial charge in [-0.15, -0.1) is 6.58 Å². The molecule has 0 radical (unpaired) electrons. The number of fused-ring (bicyclic) bond motifs is 2. The molecule has 272 valence electrons. The molecule has 1 aliphatic rings. The van der Waals surface area contributed by atoms with Gasteiger partial charge in [0.05, 0.1) is 6.04 Å². The zero-order valence-corrected chi connectivity index (χ0v) is 32.5. The van der Waals surface area contributed by atoms with E-state index in [1.807, 2.05) is 24.3 Å². The van der Waals surface area contributed by atoms with E-state index < -0.39 is 0 Å². The van der Waals surface area contributed by atoms with E-state index in [1.165, 1.54) is 80.0 Å². The molecule has 0 aliphatic heterocycles. The van der Waals surface area contributed by atoms with Crippen LogP contribution in [0.3, 0.4) is 0 Å². The van der Waals surface area contributed by atoms with Crippen molar-refractivity contribution in [1.29, 1.82) is 0 Å². The molecule has 0 bridgehead atoms. The van der Waals surface area contributed by atoms with Gasteiger partial charge < -0.3 is 4.90 Å². The lowest BCUT2D eigenvalue weighted by molar-refractivity contribution is 0.787. The molecule has 0 heterocycles. The van der Waals surface area contributed by atoms with E-state index in [0.29, 0.717) is 6.04 Å². The first-order chi connectivity index (χ1) is 26.5. The maximum absolute atomic E-state index is 3.60. The zero-order chi connectivity index (χ0) is 38.0. The lowest BCUT2D eigenvalue weighted by Gasteiger charge is -2.33. The van der Waals surface area contributed by atoms with Crippen LogP contribution in [0.5, 0.6) is 0 Å². The maximum Gasteiger partial charge on any atom is 0.0560 e. The second-order valence-electron chi connectivity index (χ2n) is 13.8. The Hall–Kier alpha value is -5.92. The Kier molecular flexibility index (Phi) is 15.2. The summed E-state index contributed by atoms with van der Waals surface area (Å²) in [6, 6.07) is 58.3. The summed E-state index contributed by atoms with van der Waals surface area (Å²) in [5.41, 5.74) is 8.92. The van der Waals surface area contributed by atoms with Gasteiger partial charge in [-0.2, -0.15) is 0 Å². The van der Waals surface area contributed by atoms with Crippen molar-refractivity contribution < 1.29 is 0 Å². The average molecular weight is 706 g/mol. The van der Waals surface area contributed by atoms with Gasteiger partial charge in [-0.3, -0.25) is 0 Å². The van der Waals surface area contributed by atoms with Crippen LogP contribution in [0.4, 0.5) is 11.4 Å². The van der Waals surface area contributed by atoms with Crippen LogP contribution >= 0.6 is 0 Å². The number of rotatable bonds is 7. The minimum absolute atomic E-state index is 0.297. The minimum Gasteiger partial charge on any atom is -0.334 e. The number of hydrogen-bond acceptors (Lipinski definition) is 1. The average Bonchev–Trinajstić information content (AvgIpc) is 3.22. The fourth-order valence-electron chi connectivity index (χ4n) is 6.52. The summed E-state index contributed by atoms with van der Waals surface area (Å²) in [6.07, 6.45) is 15.6. The minimum atomic E-state index is 0.297. The third kappa shape index (κ3) is 11.3. The highest BCUT2D eigenvalue weighted by Crippen LogP contribution is 2.37. The molecule has 0 saturated heterocycles. The summed E-state index contributed by atoms with van der Waals surface area (Å²) >= 11 is 0. The Morgan fingerprint density at radius 1 is 0.574 bits per heavy atom. The number of unbranched alkanes of at least 4 members (excludes halogenated alkanes) is 2. The third-order valence-electron chi connectivity index (χ3n) is 9.56. The molecule has 7 aromatic carbocycles. The van der Waals surface area contributed by atoms with E-state index in [1.54, 1.807) is 0 Å². The predicted molar refractivity (Wildman–Crippen MR) is 239 cm³/mol. The molecule has 0 fully saturated rings. The summed E-state index contributed by atoms with van der Waals surface area (Å²) in [5, 5.41) is 5.24. The van der Waals surface area contributed by atoms with Crippen LogP contribution < -0.4 is 4.90 Å².